The molecule has 2 N–H and O–H groups in total. The van der Waals surface area contributed by atoms with Gasteiger partial charge in [0.2, 0.25) is 0 Å². The highest BCUT2D eigenvalue weighted by molar-refractivity contribution is 4.81. The summed E-state index contributed by atoms with van der Waals surface area (Å²) in [5, 5.41) is 0. The van der Waals surface area contributed by atoms with E-state index in [4.69, 9.17) is 15.2 Å². The van der Waals surface area contributed by atoms with Crippen molar-refractivity contribution in [2.75, 3.05) is 13.2 Å². The number of hydrogen-bond donors (Lipinski definition) is 1. The Morgan fingerprint density at radius 2 is 2.07 bits per heavy atom. The molecule has 0 radical (unpaired) electrons. The lowest BCUT2D eigenvalue weighted by Gasteiger charge is -2.33. The van der Waals surface area contributed by atoms with Crippen molar-refractivity contribution < 1.29 is 22.6 Å². The maximum absolute atomic E-state index is 12.4. The van der Waals surface area contributed by atoms with Crippen LogP contribution < -0.4 is 5.73 Å². The summed E-state index contributed by atoms with van der Waals surface area (Å²) < 4.78 is 46.9. The van der Waals surface area contributed by atoms with Crippen LogP contribution in [0.2, 0.25) is 0 Å². The summed E-state index contributed by atoms with van der Waals surface area (Å²) in [6.07, 6.45) is -6.50. The van der Waals surface area contributed by atoms with E-state index in [9.17, 15) is 13.2 Å². The van der Waals surface area contributed by atoms with Crippen molar-refractivity contribution in [2.45, 2.75) is 37.8 Å². The molecule has 3 nitrogen and oxygen atoms in total. The third-order valence-electron chi connectivity index (χ3n) is 2.13. The second-order valence-electron chi connectivity index (χ2n) is 3.33. The minimum Gasteiger partial charge on any atom is -0.376 e. The van der Waals surface area contributed by atoms with Crippen molar-refractivity contribution >= 4 is 0 Å². The zero-order chi connectivity index (χ0) is 10.8. The SMILES string of the molecule is CCC(N)C(OC1COC1)C(F)(F)F. The van der Waals surface area contributed by atoms with Crippen LogP contribution in [0.4, 0.5) is 13.2 Å². The van der Waals surface area contributed by atoms with Crippen LogP contribution in [0.1, 0.15) is 13.3 Å². The zero-order valence-electron chi connectivity index (χ0n) is 7.88. The molecule has 84 valence electrons. The van der Waals surface area contributed by atoms with E-state index in [0.717, 1.165) is 0 Å². The van der Waals surface area contributed by atoms with E-state index in [1.165, 1.54) is 0 Å². The largest absolute Gasteiger partial charge is 0.416 e. The Balaban J connectivity index is 2.51. The molecule has 0 aromatic heterocycles. The predicted molar refractivity (Wildman–Crippen MR) is 43.8 cm³/mol. The molecule has 1 fully saturated rings. The number of ether oxygens (including phenoxy) is 2. The van der Waals surface area contributed by atoms with Crippen LogP contribution in [0.15, 0.2) is 0 Å². The fraction of sp³-hybridized carbons (Fsp3) is 1.00. The molecule has 0 spiro atoms. The third-order valence-corrected chi connectivity index (χ3v) is 2.13. The summed E-state index contributed by atoms with van der Waals surface area (Å²) in [5.41, 5.74) is 5.34. The molecule has 1 aliphatic heterocycles. The van der Waals surface area contributed by atoms with Crippen molar-refractivity contribution in [3.8, 4) is 0 Å². The summed E-state index contributed by atoms with van der Waals surface area (Å²) in [7, 11) is 0. The second kappa shape index (κ2) is 4.46. The van der Waals surface area contributed by atoms with Gasteiger partial charge < -0.3 is 15.2 Å². The lowest BCUT2D eigenvalue weighted by Crippen LogP contribution is -2.51. The minimum atomic E-state index is -4.40. The first-order valence-electron chi connectivity index (χ1n) is 4.50. The number of rotatable bonds is 4. The fourth-order valence-electron chi connectivity index (χ4n) is 1.13. The van der Waals surface area contributed by atoms with Gasteiger partial charge in [-0.05, 0) is 6.42 Å². The predicted octanol–water partition coefficient (Wildman–Crippen LogP) is 1.07. The summed E-state index contributed by atoms with van der Waals surface area (Å²) in [5.74, 6) is 0. The Kier molecular flexibility index (Phi) is 3.74. The average Bonchev–Trinajstić information content (AvgIpc) is 1.98. The van der Waals surface area contributed by atoms with E-state index in [-0.39, 0.29) is 19.6 Å². The molecular formula is C8H14F3NO2. The molecule has 0 amide bonds. The molecule has 1 heterocycles. The molecule has 0 aliphatic carbocycles. The maximum atomic E-state index is 12.4. The Bertz CT molecular complexity index is 182. The van der Waals surface area contributed by atoms with Gasteiger partial charge >= 0.3 is 6.18 Å². The number of hydrogen-bond acceptors (Lipinski definition) is 3. The highest BCUT2D eigenvalue weighted by atomic mass is 19.4. The van der Waals surface area contributed by atoms with Crippen molar-refractivity contribution in [1.82, 2.24) is 0 Å². The highest BCUT2D eigenvalue weighted by Crippen LogP contribution is 2.28. The van der Waals surface area contributed by atoms with Crippen LogP contribution in [0, 0.1) is 0 Å². The maximum Gasteiger partial charge on any atom is 0.416 e. The Morgan fingerprint density at radius 1 is 1.50 bits per heavy atom. The Morgan fingerprint density at radius 3 is 2.36 bits per heavy atom. The van der Waals surface area contributed by atoms with E-state index in [0.29, 0.717) is 0 Å². The van der Waals surface area contributed by atoms with Gasteiger partial charge in [-0.25, -0.2) is 0 Å². The van der Waals surface area contributed by atoms with Gasteiger partial charge in [-0.2, -0.15) is 13.2 Å². The molecule has 0 bridgehead atoms. The molecule has 0 aromatic carbocycles. The monoisotopic (exact) mass is 213 g/mol. The summed E-state index contributed by atoms with van der Waals surface area (Å²) in [6, 6.07) is -1.00. The molecule has 1 aliphatic rings. The van der Waals surface area contributed by atoms with Gasteiger partial charge in [-0.15, -0.1) is 0 Å². The Hall–Kier alpha value is -0.330. The number of alkyl halides is 3. The fourth-order valence-corrected chi connectivity index (χ4v) is 1.13. The third kappa shape index (κ3) is 2.83. The van der Waals surface area contributed by atoms with Crippen molar-refractivity contribution in [1.29, 1.82) is 0 Å². The van der Waals surface area contributed by atoms with Gasteiger partial charge in [-0.3, -0.25) is 0 Å². The minimum absolute atomic E-state index is 0.225. The number of nitrogens with two attached hydrogens (primary N) is 1. The van der Waals surface area contributed by atoms with Crippen molar-refractivity contribution in [2.24, 2.45) is 5.73 Å². The molecule has 2 atom stereocenters. The number of halogens is 3. The molecule has 1 saturated heterocycles. The van der Waals surface area contributed by atoms with Crippen LogP contribution in [0.5, 0.6) is 0 Å². The second-order valence-corrected chi connectivity index (χ2v) is 3.33. The van der Waals surface area contributed by atoms with Crippen LogP contribution in [0.25, 0.3) is 0 Å². The molecule has 2 unspecified atom stereocenters. The van der Waals surface area contributed by atoms with Crippen LogP contribution in [0.3, 0.4) is 0 Å². The molecule has 1 rings (SSSR count). The lowest BCUT2D eigenvalue weighted by atomic mass is 10.1. The van der Waals surface area contributed by atoms with E-state index >= 15 is 0 Å². The van der Waals surface area contributed by atoms with Crippen LogP contribution >= 0.6 is 0 Å². The van der Waals surface area contributed by atoms with E-state index in [1.807, 2.05) is 0 Å². The van der Waals surface area contributed by atoms with Crippen molar-refractivity contribution in [3.63, 3.8) is 0 Å². The van der Waals surface area contributed by atoms with Crippen LogP contribution in [-0.4, -0.2) is 37.6 Å². The van der Waals surface area contributed by atoms with Gasteiger partial charge in [0.25, 0.3) is 0 Å². The van der Waals surface area contributed by atoms with E-state index in [1.54, 1.807) is 6.92 Å². The molecule has 0 saturated carbocycles. The van der Waals surface area contributed by atoms with Gasteiger partial charge in [-0.1, -0.05) is 6.92 Å². The molecule has 14 heavy (non-hydrogen) atoms. The average molecular weight is 213 g/mol. The topological polar surface area (TPSA) is 44.5 Å². The van der Waals surface area contributed by atoms with Crippen LogP contribution in [-0.2, 0) is 9.47 Å². The zero-order valence-corrected chi connectivity index (χ0v) is 7.88. The van der Waals surface area contributed by atoms with Gasteiger partial charge in [0.1, 0.15) is 6.10 Å². The highest BCUT2D eigenvalue weighted by Gasteiger charge is 2.46. The molecular weight excluding hydrogens is 199 g/mol. The van der Waals surface area contributed by atoms with E-state index in [2.05, 4.69) is 0 Å². The first kappa shape index (κ1) is 11.7. The Labute approximate surface area is 80.4 Å². The summed E-state index contributed by atoms with van der Waals surface area (Å²) in [6.45, 7) is 2.05. The summed E-state index contributed by atoms with van der Waals surface area (Å²) >= 11 is 0. The normalized spacial score (nSPS) is 22.9. The standard InChI is InChI=1S/C8H14F3NO2/c1-2-6(12)7(8(9,10)11)14-5-3-13-4-5/h5-7H,2-4,12H2,1H3. The quantitative estimate of drug-likeness (QED) is 0.759. The first-order valence-corrected chi connectivity index (χ1v) is 4.50. The lowest BCUT2D eigenvalue weighted by molar-refractivity contribution is -0.265. The summed E-state index contributed by atoms with van der Waals surface area (Å²) in [4.78, 5) is 0. The molecule has 0 aromatic rings. The van der Waals surface area contributed by atoms with Gasteiger partial charge in [0, 0.05) is 6.04 Å². The molecule has 6 heteroatoms. The smallest absolute Gasteiger partial charge is 0.376 e. The van der Waals surface area contributed by atoms with Gasteiger partial charge in [0.15, 0.2) is 6.10 Å². The van der Waals surface area contributed by atoms with Gasteiger partial charge in [0.05, 0.1) is 13.2 Å². The van der Waals surface area contributed by atoms with E-state index < -0.39 is 24.4 Å². The first-order chi connectivity index (χ1) is 6.45. The van der Waals surface area contributed by atoms with Crippen molar-refractivity contribution in [3.05, 3.63) is 0 Å².